The summed E-state index contributed by atoms with van der Waals surface area (Å²) in [7, 11) is 0. The minimum Gasteiger partial charge on any atom is -0.507 e. The van der Waals surface area contributed by atoms with Gasteiger partial charge in [0.1, 0.15) is 17.6 Å². The molecule has 0 spiro atoms. The van der Waals surface area contributed by atoms with Gasteiger partial charge in [0.2, 0.25) is 0 Å². The Morgan fingerprint density at radius 1 is 1.33 bits per heavy atom. The lowest BCUT2D eigenvalue weighted by atomic mass is 10.0. The highest BCUT2D eigenvalue weighted by atomic mass is 16.5. The molecule has 0 saturated carbocycles. The first-order valence-electron chi connectivity index (χ1n) is 7.83. The van der Waals surface area contributed by atoms with Crippen molar-refractivity contribution in [1.29, 1.82) is 0 Å². The second-order valence-electron chi connectivity index (χ2n) is 5.67. The Morgan fingerprint density at radius 2 is 2.21 bits per heavy atom. The van der Waals surface area contributed by atoms with Gasteiger partial charge in [0.15, 0.2) is 0 Å². The van der Waals surface area contributed by atoms with Gasteiger partial charge in [-0.3, -0.25) is 0 Å². The number of aryl methyl sites for hydroxylation is 1. The van der Waals surface area contributed by atoms with E-state index in [4.69, 9.17) is 9.84 Å². The molecule has 0 amide bonds. The number of benzene rings is 1. The van der Waals surface area contributed by atoms with E-state index in [0.717, 1.165) is 38.2 Å². The standard InChI is InChI=1S/C17H19N3O4/c21-16-4-1-11(7-14(16)17(22)23)15-8-12(19-10-20-15)2-3-13-9-18-5-6-24-13/h1,4,7-8,10,13,18,21H,2-3,5-6,9H2,(H,22,23)/t13-/m0/s1. The number of aromatic carboxylic acids is 1. The van der Waals surface area contributed by atoms with Gasteiger partial charge in [0, 0.05) is 24.3 Å². The van der Waals surface area contributed by atoms with Crippen molar-refractivity contribution in [3.05, 3.63) is 41.9 Å². The molecule has 7 heteroatoms. The summed E-state index contributed by atoms with van der Waals surface area (Å²) >= 11 is 0. The molecule has 3 rings (SSSR count). The molecule has 1 aromatic carbocycles. The van der Waals surface area contributed by atoms with Crippen LogP contribution in [0, 0.1) is 0 Å². The number of morpholine rings is 1. The summed E-state index contributed by atoms with van der Waals surface area (Å²) in [5, 5.41) is 22.0. The molecule has 1 aliphatic heterocycles. The van der Waals surface area contributed by atoms with E-state index in [-0.39, 0.29) is 17.4 Å². The predicted octanol–water partition coefficient (Wildman–Crippen LogP) is 1.47. The Kier molecular flexibility index (Phi) is 5.02. The van der Waals surface area contributed by atoms with Crippen molar-refractivity contribution in [3.63, 3.8) is 0 Å². The number of carboxylic acid groups (broad SMARTS) is 1. The topological polar surface area (TPSA) is 105 Å². The lowest BCUT2D eigenvalue weighted by Crippen LogP contribution is -2.38. The molecule has 1 atom stereocenters. The average molecular weight is 329 g/mol. The van der Waals surface area contributed by atoms with Crippen LogP contribution in [0.4, 0.5) is 0 Å². The number of aromatic hydroxyl groups is 1. The van der Waals surface area contributed by atoms with Gasteiger partial charge in [-0.05, 0) is 37.1 Å². The molecule has 24 heavy (non-hydrogen) atoms. The molecular weight excluding hydrogens is 310 g/mol. The van der Waals surface area contributed by atoms with E-state index >= 15 is 0 Å². The fraction of sp³-hybridized carbons (Fsp3) is 0.353. The molecule has 7 nitrogen and oxygen atoms in total. The van der Waals surface area contributed by atoms with Gasteiger partial charge in [-0.25, -0.2) is 14.8 Å². The average Bonchev–Trinajstić information content (AvgIpc) is 2.61. The third kappa shape index (κ3) is 3.87. The van der Waals surface area contributed by atoms with Gasteiger partial charge in [0.25, 0.3) is 0 Å². The summed E-state index contributed by atoms with van der Waals surface area (Å²) in [6.07, 6.45) is 3.27. The molecule has 1 fully saturated rings. The van der Waals surface area contributed by atoms with Crippen LogP contribution in [0.15, 0.2) is 30.6 Å². The first-order valence-corrected chi connectivity index (χ1v) is 7.83. The Hall–Kier alpha value is -2.51. The number of carboxylic acids is 1. The maximum atomic E-state index is 11.1. The second-order valence-corrected chi connectivity index (χ2v) is 5.67. The molecule has 0 radical (unpaired) electrons. The molecular formula is C17H19N3O4. The van der Waals surface area contributed by atoms with Gasteiger partial charge < -0.3 is 20.3 Å². The summed E-state index contributed by atoms with van der Waals surface area (Å²) in [4.78, 5) is 19.6. The molecule has 0 unspecified atom stereocenters. The molecule has 2 aromatic rings. The zero-order valence-electron chi connectivity index (χ0n) is 13.1. The highest BCUT2D eigenvalue weighted by Crippen LogP contribution is 2.25. The van der Waals surface area contributed by atoms with Crippen LogP contribution in [0.2, 0.25) is 0 Å². The first kappa shape index (κ1) is 16.4. The van der Waals surface area contributed by atoms with Crippen molar-refractivity contribution in [2.45, 2.75) is 18.9 Å². The van der Waals surface area contributed by atoms with Crippen LogP contribution in [-0.2, 0) is 11.2 Å². The highest BCUT2D eigenvalue weighted by Gasteiger charge is 2.15. The number of hydrogen-bond donors (Lipinski definition) is 3. The minimum atomic E-state index is -1.18. The van der Waals surface area contributed by atoms with Gasteiger partial charge in [0.05, 0.1) is 18.4 Å². The number of rotatable bonds is 5. The first-order chi connectivity index (χ1) is 11.6. The Morgan fingerprint density at radius 3 is 2.96 bits per heavy atom. The van der Waals surface area contributed by atoms with E-state index in [1.54, 1.807) is 6.07 Å². The monoisotopic (exact) mass is 329 g/mol. The van der Waals surface area contributed by atoms with Crippen LogP contribution in [0.1, 0.15) is 22.5 Å². The smallest absolute Gasteiger partial charge is 0.339 e. The number of phenols is 1. The summed E-state index contributed by atoms with van der Waals surface area (Å²) in [6.45, 7) is 2.46. The van der Waals surface area contributed by atoms with E-state index in [0.29, 0.717) is 11.3 Å². The summed E-state index contributed by atoms with van der Waals surface area (Å²) in [6, 6.07) is 6.26. The largest absolute Gasteiger partial charge is 0.507 e. The molecule has 3 N–H and O–H groups in total. The number of carbonyl (C=O) groups is 1. The zero-order valence-corrected chi connectivity index (χ0v) is 13.1. The molecule has 0 aliphatic carbocycles. The van der Waals surface area contributed by atoms with Crippen LogP contribution in [0.5, 0.6) is 5.75 Å². The van der Waals surface area contributed by atoms with Crippen molar-refractivity contribution in [3.8, 4) is 17.0 Å². The molecule has 1 aliphatic rings. The lowest BCUT2D eigenvalue weighted by Gasteiger charge is -2.23. The fourth-order valence-electron chi connectivity index (χ4n) is 2.67. The van der Waals surface area contributed by atoms with Gasteiger partial charge in [-0.1, -0.05) is 0 Å². The summed E-state index contributed by atoms with van der Waals surface area (Å²) in [5.74, 6) is -1.44. The number of ether oxygens (including phenoxy) is 1. The molecule has 126 valence electrons. The van der Waals surface area contributed by atoms with E-state index in [1.165, 1.54) is 18.5 Å². The van der Waals surface area contributed by atoms with Gasteiger partial charge >= 0.3 is 5.97 Å². The van der Waals surface area contributed by atoms with Gasteiger partial charge in [-0.2, -0.15) is 0 Å². The normalized spacial score (nSPS) is 17.6. The predicted molar refractivity (Wildman–Crippen MR) is 87.0 cm³/mol. The van der Waals surface area contributed by atoms with Crippen LogP contribution < -0.4 is 5.32 Å². The molecule has 0 bridgehead atoms. The third-order valence-electron chi connectivity index (χ3n) is 3.97. The van der Waals surface area contributed by atoms with E-state index < -0.39 is 5.97 Å². The Balaban J connectivity index is 1.75. The summed E-state index contributed by atoms with van der Waals surface area (Å²) in [5.41, 5.74) is 1.99. The maximum absolute atomic E-state index is 11.1. The molecule has 1 aromatic heterocycles. The number of nitrogens with one attached hydrogen (secondary N) is 1. The quantitative estimate of drug-likeness (QED) is 0.763. The van der Waals surface area contributed by atoms with Crippen molar-refractivity contribution in [1.82, 2.24) is 15.3 Å². The second kappa shape index (κ2) is 7.37. The van der Waals surface area contributed by atoms with Crippen LogP contribution in [0.3, 0.4) is 0 Å². The number of hydrogen-bond acceptors (Lipinski definition) is 6. The number of aromatic nitrogens is 2. The SMILES string of the molecule is O=C(O)c1cc(-c2cc(CC[C@H]3CNCCO3)ncn2)ccc1O. The van der Waals surface area contributed by atoms with Crippen LogP contribution >= 0.6 is 0 Å². The Labute approximate surface area is 139 Å². The van der Waals surface area contributed by atoms with Crippen LogP contribution in [0.25, 0.3) is 11.3 Å². The maximum Gasteiger partial charge on any atom is 0.339 e. The highest BCUT2D eigenvalue weighted by molar-refractivity contribution is 5.92. The lowest BCUT2D eigenvalue weighted by molar-refractivity contribution is 0.0237. The van der Waals surface area contributed by atoms with E-state index in [2.05, 4.69) is 15.3 Å². The minimum absolute atomic E-state index is 0.144. The van der Waals surface area contributed by atoms with E-state index in [9.17, 15) is 9.90 Å². The summed E-state index contributed by atoms with van der Waals surface area (Å²) < 4.78 is 5.67. The van der Waals surface area contributed by atoms with Gasteiger partial charge in [-0.15, -0.1) is 0 Å². The van der Waals surface area contributed by atoms with Crippen molar-refractivity contribution in [2.24, 2.45) is 0 Å². The van der Waals surface area contributed by atoms with Crippen LogP contribution in [-0.4, -0.2) is 52.0 Å². The van der Waals surface area contributed by atoms with E-state index in [1.807, 2.05) is 6.07 Å². The number of nitrogens with zero attached hydrogens (tertiary/aromatic N) is 2. The van der Waals surface area contributed by atoms with Crippen molar-refractivity contribution < 1.29 is 19.7 Å². The fourth-order valence-corrected chi connectivity index (χ4v) is 2.67. The molecule has 1 saturated heterocycles. The Bertz CT molecular complexity index is 730. The van der Waals surface area contributed by atoms with Crippen molar-refractivity contribution >= 4 is 5.97 Å². The third-order valence-corrected chi connectivity index (χ3v) is 3.97. The van der Waals surface area contributed by atoms with Crippen molar-refractivity contribution in [2.75, 3.05) is 19.7 Å². The molecule has 2 heterocycles. The zero-order chi connectivity index (χ0) is 16.9.